The van der Waals surface area contributed by atoms with Crippen molar-refractivity contribution in [1.82, 2.24) is 0 Å². The van der Waals surface area contributed by atoms with Gasteiger partial charge in [0, 0.05) is 11.1 Å². The molecule has 1 amide bonds. The molecular formula is C9H8ClNO. The van der Waals surface area contributed by atoms with E-state index in [1.807, 2.05) is 18.2 Å². The van der Waals surface area contributed by atoms with Crippen molar-refractivity contribution in [2.75, 3.05) is 0 Å². The van der Waals surface area contributed by atoms with Crippen LogP contribution in [0.1, 0.15) is 5.56 Å². The molecule has 0 aliphatic rings. The molecule has 2 N–H and O–H groups in total. The standard InChI is InChI=1S/C9H8ClNO/c10-8-4-2-1-3-7(8)5-6-9(11)12/h1-6H,(H2,11,12). The van der Waals surface area contributed by atoms with Crippen molar-refractivity contribution >= 4 is 23.6 Å². The van der Waals surface area contributed by atoms with Crippen molar-refractivity contribution in [3.05, 3.63) is 40.9 Å². The molecule has 0 unspecified atom stereocenters. The van der Waals surface area contributed by atoms with Crippen LogP contribution in [0.5, 0.6) is 0 Å². The highest BCUT2D eigenvalue weighted by atomic mass is 35.5. The van der Waals surface area contributed by atoms with Crippen molar-refractivity contribution in [2.45, 2.75) is 0 Å². The maximum atomic E-state index is 10.4. The zero-order valence-electron chi connectivity index (χ0n) is 6.33. The van der Waals surface area contributed by atoms with Crippen molar-refractivity contribution in [1.29, 1.82) is 0 Å². The molecule has 1 aromatic rings. The number of carbonyl (C=O) groups excluding carboxylic acids is 1. The summed E-state index contributed by atoms with van der Waals surface area (Å²) in [6, 6.07) is 7.22. The zero-order chi connectivity index (χ0) is 8.97. The van der Waals surface area contributed by atoms with E-state index >= 15 is 0 Å². The average Bonchev–Trinajstić information content (AvgIpc) is 2.03. The predicted molar refractivity (Wildman–Crippen MR) is 49.7 cm³/mol. The molecule has 0 heterocycles. The van der Waals surface area contributed by atoms with Crippen molar-refractivity contribution in [3.8, 4) is 0 Å². The van der Waals surface area contributed by atoms with E-state index in [0.29, 0.717) is 5.02 Å². The molecule has 0 atom stereocenters. The van der Waals surface area contributed by atoms with E-state index in [0.717, 1.165) is 5.56 Å². The first-order chi connectivity index (χ1) is 5.70. The number of benzene rings is 1. The monoisotopic (exact) mass is 181 g/mol. The molecule has 62 valence electrons. The third-order valence-electron chi connectivity index (χ3n) is 1.33. The highest BCUT2D eigenvalue weighted by molar-refractivity contribution is 6.32. The van der Waals surface area contributed by atoms with Gasteiger partial charge < -0.3 is 5.73 Å². The van der Waals surface area contributed by atoms with Crippen LogP contribution in [0.15, 0.2) is 30.3 Å². The summed E-state index contributed by atoms with van der Waals surface area (Å²) < 4.78 is 0. The van der Waals surface area contributed by atoms with Gasteiger partial charge in [-0.1, -0.05) is 29.8 Å². The minimum atomic E-state index is -0.477. The number of primary amides is 1. The highest BCUT2D eigenvalue weighted by Gasteiger charge is 1.93. The Kier molecular flexibility index (Phi) is 2.88. The first kappa shape index (κ1) is 8.81. The number of amides is 1. The topological polar surface area (TPSA) is 43.1 Å². The summed E-state index contributed by atoms with van der Waals surface area (Å²) in [5, 5.41) is 0.606. The van der Waals surface area contributed by atoms with Crippen LogP contribution in [-0.2, 0) is 4.79 Å². The van der Waals surface area contributed by atoms with Crippen molar-refractivity contribution in [3.63, 3.8) is 0 Å². The lowest BCUT2D eigenvalue weighted by molar-refractivity contribution is -0.113. The SMILES string of the molecule is NC(=O)C=Cc1ccccc1Cl. The van der Waals surface area contributed by atoms with Crippen LogP contribution >= 0.6 is 11.6 Å². The molecule has 0 saturated heterocycles. The normalized spacial score (nSPS) is 10.4. The van der Waals surface area contributed by atoms with E-state index < -0.39 is 5.91 Å². The third-order valence-corrected chi connectivity index (χ3v) is 1.68. The number of halogens is 1. The molecule has 0 aromatic heterocycles. The van der Waals surface area contributed by atoms with E-state index in [9.17, 15) is 4.79 Å². The fourth-order valence-corrected chi connectivity index (χ4v) is 0.981. The first-order valence-corrected chi connectivity index (χ1v) is 3.80. The van der Waals surface area contributed by atoms with E-state index in [4.69, 9.17) is 17.3 Å². The van der Waals surface area contributed by atoms with Gasteiger partial charge in [-0.25, -0.2) is 0 Å². The van der Waals surface area contributed by atoms with Crippen LogP contribution in [0, 0.1) is 0 Å². The molecule has 1 aromatic carbocycles. The maximum Gasteiger partial charge on any atom is 0.241 e. The summed E-state index contributed by atoms with van der Waals surface area (Å²) in [4.78, 5) is 10.4. The van der Waals surface area contributed by atoms with Gasteiger partial charge in [-0.2, -0.15) is 0 Å². The summed E-state index contributed by atoms with van der Waals surface area (Å²) in [6.45, 7) is 0. The zero-order valence-corrected chi connectivity index (χ0v) is 7.08. The Morgan fingerprint density at radius 2 is 2.08 bits per heavy atom. The Morgan fingerprint density at radius 1 is 1.42 bits per heavy atom. The van der Waals surface area contributed by atoms with Crippen LogP contribution in [-0.4, -0.2) is 5.91 Å². The molecule has 0 bridgehead atoms. The van der Waals surface area contributed by atoms with Gasteiger partial charge in [0.2, 0.25) is 5.91 Å². The molecule has 0 fully saturated rings. The fraction of sp³-hybridized carbons (Fsp3) is 0. The largest absolute Gasteiger partial charge is 0.366 e. The molecule has 3 heteroatoms. The summed E-state index contributed by atoms with van der Waals surface area (Å²) in [6.07, 6.45) is 2.87. The second-order valence-electron chi connectivity index (χ2n) is 2.26. The van der Waals surface area contributed by atoms with E-state index in [1.165, 1.54) is 6.08 Å². The fourth-order valence-electron chi connectivity index (χ4n) is 0.782. The van der Waals surface area contributed by atoms with E-state index in [2.05, 4.69) is 0 Å². The van der Waals surface area contributed by atoms with Gasteiger partial charge in [0.1, 0.15) is 0 Å². The second-order valence-corrected chi connectivity index (χ2v) is 2.66. The quantitative estimate of drug-likeness (QED) is 0.696. The van der Waals surface area contributed by atoms with Crippen LogP contribution in [0.2, 0.25) is 5.02 Å². The molecule has 0 saturated carbocycles. The molecule has 0 radical (unpaired) electrons. The van der Waals surface area contributed by atoms with Gasteiger partial charge in [-0.3, -0.25) is 4.79 Å². The molecular weight excluding hydrogens is 174 g/mol. The highest BCUT2D eigenvalue weighted by Crippen LogP contribution is 2.15. The lowest BCUT2D eigenvalue weighted by Gasteiger charge is -1.94. The molecule has 0 spiro atoms. The summed E-state index contributed by atoms with van der Waals surface area (Å²) in [7, 11) is 0. The summed E-state index contributed by atoms with van der Waals surface area (Å²) in [5.74, 6) is -0.477. The first-order valence-electron chi connectivity index (χ1n) is 3.42. The van der Waals surface area contributed by atoms with Crippen LogP contribution in [0.25, 0.3) is 6.08 Å². The smallest absolute Gasteiger partial charge is 0.241 e. The average molecular weight is 182 g/mol. The summed E-state index contributed by atoms with van der Waals surface area (Å²) >= 11 is 5.80. The lowest BCUT2D eigenvalue weighted by atomic mass is 10.2. The Balaban J connectivity index is 2.89. The lowest BCUT2D eigenvalue weighted by Crippen LogP contribution is -2.05. The number of nitrogens with two attached hydrogens (primary N) is 1. The van der Waals surface area contributed by atoms with Crippen LogP contribution in [0.3, 0.4) is 0 Å². The molecule has 12 heavy (non-hydrogen) atoms. The van der Waals surface area contributed by atoms with E-state index in [1.54, 1.807) is 12.1 Å². The Morgan fingerprint density at radius 3 is 2.67 bits per heavy atom. The molecule has 0 aliphatic heterocycles. The molecule has 0 aliphatic carbocycles. The number of hydrogen-bond donors (Lipinski definition) is 1. The van der Waals surface area contributed by atoms with Gasteiger partial charge in [0.15, 0.2) is 0 Å². The minimum Gasteiger partial charge on any atom is -0.366 e. The molecule has 1 rings (SSSR count). The Bertz CT molecular complexity index is 320. The predicted octanol–water partition coefficient (Wildman–Crippen LogP) is 1.84. The van der Waals surface area contributed by atoms with Gasteiger partial charge >= 0.3 is 0 Å². The van der Waals surface area contributed by atoms with Gasteiger partial charge in [-0.05, 0) is 17.7 Å². The van der Waals surface area contributed by atoms with Crippen LogP contribution in [0.4, 0.5) is 0 Å². The van der Waals surface area contributed by atoms with Gasteiger partial charge in [-0.15, -0.1) is 0 Å². The Hall–Kier alpha value is -1.28. The maximum absolute atomic E-state index is 10.4. The van der Waals surface area contributed by atoms with Crippen molar-refractivity contribution in [2.24, 2.45) is 5.73 Å². The van der Waals surface area contributed by atoms with Crippen LogP contribution < -0.4 is 5.73 Å². The van der Waals surface area contributed by atoms with E-state index in [-0.39, 0.29) is 0 Å². The van der Waals surface area contributed by atoms with Gasteiger partial charge in [0.05, 0.1) is 0 Å². The minimum absolute atomic E-state index is 0.477. The van der Waals surface area contributed by atoms with Crippen molar-refractivity contribution < 1.29 is 4.79 Å². The number of rotatable bonds is 2. The summed E-state index contributed by atoms with van der Waals surface area (Å²) in [5.41, 5.74) is 5.71. The second kappa shape index (κ2) is 3.93. The number of hydrogen-bond acceptors (Lipinski definition) is 1. The number of carbonyl (C=O) groups is 1. The molecule has 2 nitrogen and oxygen atoms in total. The Labute approximate surface area is 75.6 Å². The third kappa shape index (κ3) is 2.40. The van der Waals surface area contributed by atoms with Gasteiger partial charge in [0.25, 0.3) is 0 Å².